The summed E-state index contributed by atoms with van der Waals surface area (Å²) in [7, 11) is 8.65. The van der Waals surface area contributed by atoms with E-state index < -0.39 is 0 Å². The van der Waals surface area contributed by atoms with Crippen molar-refractivity contribution < 1.29 is 14.3 Å². The van der Waals surface area contributed by atoms with Gasteiger partial charge >= 0.3 is 0 Å². The molecule has 0 saturated carbocycles. The van der Waals surface area contributed by atoms with Gasteiger partial charge in [0, 0.05) is 57.9 Å². The Bertz CT molecular complexity index is 1120. The lowest BCUT2D eigenvalue weighted by Crippen LogP contribution is -2.27. The van der Waals surface area contributed by atoms with Gasteiger partial charge in [0.25, 0.3) is 5.91 Å². The van der Waals surface area contributed by atoms with Crippen LogP contribution in [0.15, 0.2) is 76.0 Å². The van der Waals surface area contributed by atoms with Crippen LogP contribution in [0.4, 0.5) is 0 Å². The summed E-state index contributed by atoms with van der Waals surface area (Å²) in [6.45, 7) is 9.47. The minimum Gasteiger partial charge on any atom is -0.443 e. The summed E-state index contributed by atoms with van der Waals surface area (Å²) in [4.78, 5) is 32.4. The third kappa shape index (κ3) is 9.70. The van der Waals surface area contributed by atoms with Crippen LogP contribution in [0.25, 0.3) is 5.70 Å². The molecule has 0 aromatic heterocycles. The Morgan fingerprint density at radius 1 is 1.03 bits per heavy atom. The Labute approximate surface area is 223 Å². The van der Waals surface area contributed by atoms with Gasteiger partial charge in [-0.05, 0) is 43.2 Å². The van der Waals surface area contributed by atoms with Crippen LogP contribution in [0.2, 0.25) is 0 Å². The molecular formula is C28H37BrN4O3. The summed E-state index contributed by atoms with van der Waals surface area (Å²) in [6, 6.07) is 15.8. The predicted octanol–water partition coefficient (Wildman–Crippen LogP) is 5.44. The maximum absolute atomic E-state index is 12.2. The van der Waals surface area contributed by atoms with E-state index in [0.29, 0.717) is 23.6 Å². The van der Waals surface area contributed by atoms with Crippen molar-refractivity contribution in [2.24, 2.45) is 4.99 Å². The smallest absolute Gasteiger partial charge is 0.252 e. The van der Waals surface area contributed by atoms with Gasteiger partial charge in [0.1, 0.15) is 11.6 Å². The first-order chi connectivity index (χ1) is 16.9. The molecule has 36 heavy (non-hydrogen) atoms. The molecule has 0 N–H and O–H groups in total. The zero-order valence-electron chi connectivity index (χ0n) is 22.5. The molecule has 0 heterocycles. The van der Waals surface area contributed by atoms with Crippen molar-refractivity contribution in [2.45, 2.75) is 27.2 Å². The van der Waals surface area contributed by atoms with Gasteiger partial charge in [-0.15, -0.1) is 0 Å². The Morgan fingerprint density at radius 3 is 2.17 bits per heavy atom. The summed E-state index contributed by atoms with van der Waals surface area (Å²) in [5.74, 6) is 0.883. The van der Waals surface area contributed by atoms with Crippen LogP contribution in [-0.4, -0.2) is 68.2 Å². The van der Waals surface area contributed by atoms with E-state index in [2.05, 4.69) is 52.6 Å². The van der Waals surface area contributed by atoms with Gasteiger partial charge in [0.05, 0.1) is 5.57 Å². The minimum absolute atomic E-state index is 0.232. The molecule has 0 atom stereocenters. The maximum atomic E-state index is 12.2. The first kappa shape index (κ1) is 30.6. The molecule has 0 unspecified atom stereocenters. The third-order valence-corrected chi connectivity index (χ3v) is 5.58. The number of benzene rings is 2. The summed E-state index contributed by atoms with van der Waals surface area (Å²) < 4.78 is 6.96. The number of amides is 2. The number of aliphatic imine (C=N–C) groups is 1. The van der Waals surface area contributed by atoms with E-state index in [0.717, 1.165) is 17.7 Å². The number of rotatable bonds is 8. The number of nitrogens with zero attached hydrogens (tertiary/aromatic N) is 4. The van der Waals surface area contributed by atoms with E-state index >= 15 is 0 Å². The van der Waals surface area contributed by atoms with Crippen LogP contribution in [0.1, 0.15) is 31.9 Å². The number of likely N-dealkylation sites (N-methyl/N-ethyl adjacent to an activating group) is 1. The third-order valence-electron chi connectivity index (χ3n) is 5.09. The molecule has 0 aliphatic rings. The van der Waals surface area contributed by atoms with E-state index in [1.165, 1.54) is 26.9 Å². The molecule has 7 nitrogen and oxygen atoms in total. The zero-order valence-corrected chi connectivity index (χ0v) is 24.1. The van der Waals surface area contributed by atoms with Crippen LogP contribution in [0, 0.1) is 0 Å². The predicted molar refractivity (Wildman–Crippen MR) is 152 cm³/mol. The molecule has 0 fully saturated rings. The number of carbonyl (C=O) groups is 2. The van der Waals surface area contributed by atoms with Gasteiger partial charge in [-0.1, -0.05) is 53.7 Å². The monoisotopic (exact) mass is 556 g/mol. The van der Waals surface area contributed by atoms with Gasteiger partial charge in [0.2, 0.25) is 6.41 Å². The number of ether oxygens (including phenoxy) is 1. The normalized spacial score (nSPS) is 11.4. The summed E-state index contributed by atoms with van der Waals surface area (Å²) >= 11 is 3.40. The molecular weight excluding hydrogens is 520 g/mol. The highest BCUT2D eigenvalue weighted by Gasteiger charge is 2.16. The SMILES string of the molecule is C=C(c1cccc(O/C(C)=N/C(=C(\C)C(=O)N(C)C)N(C)C=O)c1)N(C)C.CCc1cccc(Br)c1. The molecule has 0 spiro atoms. The van der Waals surface area contributed by atoms with E-state index in [4.69, 9.17) is 4.74 Å². The number of halogens is 1. The van der Waals surface area contributed by atoms with Crippen LogP contribution in [0.3, 0.4) is 0 Å². The molecule has 2 aromatic rings. The first-order valence-corrected chi connectivity index (χ1v) is 12.2. The van der Waals surface area contributed by atoms with Crippen molar-refractivity contribution in [3.63, 3.8) is 0 Å². The zero-order chi connectivity index (χ0) is 27.4. The van der Waals surface area contributed by atoms with Crippen molar-refractivity contribution in [1.29, 1.82) is 0 Å². The highest BCUT2D eigenvalue weighted by Crippen LogP contribution is 2.21. The van der Waals surface area contributed by atoms with E-state index in [9.17, 15) is 9.59 Å². The van der Waals surface area contributed by atoms with Gasteiger partial charge < -0.3 is 19.4 Å². The molecule has 8 heteroatoms. The highest BCUT2D eigenvalue weighted by molar-refractivity contribution is 9.10. The molecule has 0 aliphatic heterocycles. The van der Waals surface area contributed by atoms with Gasteiger partial charge in [-0.25, -0.2) is 0 Å². The van der Waals surface area contributed by atoms with Crippen molar-refractivity contribution in [1.82, 2.24) is 14.7 Å². The second-order valence-electron chi connectivity index (χ2n) is 8.45. The maximum Gasteiger partial charge on any atom is 0.252 e. The van der Waals surface area contributed by atoms with Crippen LogP contribution >= 0.6 is 15.9 Å². The fraction of sp³-hybridized carbons (Fsp3) is 0.321. The van der Waals surface area contributed by atoms with Gasteiger partial charge in [0.15, 0.2) is 5.90 Å². The lowest BCUT2D eigenvalue weighted by atomic mass is 10.1. The average molecular weight is 558 g/mol. The molecule has 2 amide bonds. The largest absolute Gasteiger partial charge is 0.443 e. The Kier molecular flexibility index (Phi) is 12.7. The quantitative estimate of drug-likeness (QED) is 0.188. The fourth-order valence-corrected chi connectivity index (χ4v) is 3.45. The summed E-state index contributed by atoms with van der Waals surface area (Å²) in [5, 5.41) is 0. The van der Waals surface area contributed by atoms with Crippen LogP contribution in [0.5, 0.6) is 5.75 Å². The standard InChI is InChI=1S/C20H28N4O3.C8H9Br/c1-14(20(26)23(6)7)19(24(8)13-25)21-16(3)27-18-11-9-10-17(12-18)15(2)22(4)5;1-2-7-4-3-5-8(9)6-7/h9-13H,2H2,1,3-8H3;3-6H,2H2,1H3/b19-14-,21-16+;. The van der Waals surface area contributed by atoms with Crippen molar-refractivity contribution in [3.8, 4) is 5.75 Å². The van der Waals surface area contributed by atoms with E-state index in [1.807, 2.05) is 43.3 Å². The van der Waals surface area contributed by atoms with Crippen molar-refractivity contribution in [3.05, 3.63) is 82.1 Å². The number of carbonyl (C=O) groups excluding carboxylic acids is 2. The van der Waals surface area contributed by atoms with Gasteiger partial charge in [-0.2, -0.15) is 4.99 Å². The molecule has 0 bridgehead atoms. The first-order valence-electron chi connectivity index (χ1n) is 11.5. The lowest BCUT2D eigenvalue weighted by molar-refractivity contribution is -0.124. The molecule has 2 rings (SSSR count). The highest BCUT2D eigenvalue weighted by atomic mass is 79.9. The van der Waals surface area contributed by atoms with E-state index in [-0.39, 0.29) is 11.7 Å². The van der Waals surface area contributed by atoms with Crippen molar-refractivity contribution in [2.75, 3.05) is 35.2 Å². The number of hydrogen-bond donors (Lipinski definition) is 0. The Balaban J connectivity index is 0.000000600. The molecule has 0 radical (unpaired) electrons. The molecule has 0 saturated heterocycles. The summed E-state index contributed by atoms with van der Waals surface area (Å²) in [5.41, 5.74) is 3.49. The van der Waals surface area contributed by atoms with E-state index in [1.54, 1.807) is 34.0 Å². The Morgan fingerprint density at radius 2 is 1.67 bits per heavy atom. The molecule has 0 aliphatic carbocycles. The lowest BCUT2D eigenvalue weighted by Gasteiger charge is -2.18. The number of aryl methyl sites for hydroxylation is 1. The van der Waals surface area contributed by atoms with Gasteiger partial charge in [-0.3, -0.25) is 9.59 Å². The summed E-state index contributed by atoms with van der Waals surface area (Å²) in [6.07, 6.45) is 1.71. The topological polar surface area (TPSA) is 65.5 Å². The van der Waals surface area contributed by atoms with Crippen LogP contribution < -0.4 is 4.74 Å². The molecule has 2 aromatic carbocycles. The number of hydrogen-bond acceptors (Lipinski definition) is 5. The molecule has 194 valence electrons. The fourth-order valence-electron chi connectivity index (χ4n) is 3.00. The van der Waals surface area contributed by atoms with Crippen LogP contribution in [-0.2, 0) is 16.0 Å². The van der Waals surface area contributed by atoms with Crippen molar-refractivity contribution >= 4 is 39.8 Å². The average Bonchev–Trinajstić information content (AvgIpc) is 2.85. The Hall–Kier alpha value is -3.39. The minimum atomic E-state index is -0.237. The second-order valence-corrected chi connectivity index (χ2v) is 9.37. The second kappa shape index (κ2) is 14.9.